The average molecular weight is 397 g/mol. The summed E-state index contributed by atoms with van der Waals surface area (Å²) in [5.74, 6) is -1.45. The molecule has 0 aliphatic rings. The van der Waals surface area contributed by atoms with E-state index in [0.29, 0.717) is 16.9 Å². The van der Waals surface area contributed by atoms with Gasteiger partial charge in [-0.1, -0.05) is 0 Å². The SMILES string of the molecule is CC(=O)Nc1ccc(NC(=O)[C@@H](C)OC(=O)/C=C/c2ccc([N+](=O)[O-])cc2)cc1. The van der Waals surface area contributed by atoms with Gasteiger partial charge in [0, 0.05) is 36.5 Å². The van der Waals surface area contributed by atoms with Crippen LogP contribution in [0.2, 0.25) is 0 Å². The summed E-state index contributed by atoms with van der Waals surface area (Å²) in [7, 11) is 0. The van der Waals surface area contributed by atoms with Gasteiger partial charge in [0.05, 0.1) is 4.92 Å². The lowest BCUT2D eigenvalue weighted by Gasteiger charge is -2.12. The Morgan fingerprint density at radius 2 is 1.55 bits per heavy atom. The molecule has 0 aliphatic heterocycles. The number of nitrogens with zero attached hydrogens (tertiary/aromatic N) is 1. The zero-order valence-electron chi connectivity index (χ0n) is 15.7. The van der Waals surface area contributed by atoms with E-state index in [1.54, 1.807) is 24.3 Å². The molecule has 29 heavy (non-hydrogen) atoms. The molecule has 2 N–H and O–H groups in total. The van der Waals surface area contributed by atoms with Crippen LogP contribution in [0.1, 0.15) is 19.4 Å². The van der Waals surface area contributed by atoms with Crippen molar-refractivity contribution in [1.29, 1.82) is 0 Å². The molecule has 2 aromatic carbocycles. The Balaban J connectivity index is 1.87. The summed E-state index contributed by atoms with van der Waals surface area (Å²) >= 11 is 0. The third kappa shape index (κ3) is 6.90. The highest BCUT2D eigenvalue weighted by atomic mass is 16.6. The van der Waals surface area contributed by atoms with E-state index in [1.807, 2.05) is 0 Å². The van der Waals surface area contributed by atoms with Crippen LogP contribution in [0.25, 0.3) is 6.08 Å². The van der Waals surface area contributed by atoms with Crippen molar-refractivity contribution in [1.82, 2.24) is 0 Å². The van der Waals surface area contributed by atoms with Crippen LogP contribution in [0.3, 0.4) is 0 Å². The van der Waals surface area contributed by atoms with Gasteiger partial charge in [-0.3, -0.25) is 19.7 Å². The van der Waals surface area contributed by atoms with Gasteiger partial charge < -0.3 is 15.4 Å². The molecular weight excluding hydrogens is 378 g/mol. The summed E-state index contributed by atoms with van der Waals surface area (Å²) in [6.45, 7) is 2.82. The zero-order valence-corrected chi connectivity index (χ0v) is 15.7. The first kappa shape index (κ1) is 21.3. The van der Waals surface area contributed by atoms with Gasteiger partial charge in [-0.25, -0.2) is 4.79 Å². The van der Waals surface area contributed by atoms with Crippen molar-refractivity contribution >= 4 is 40.9 Å². The summed E-state index contributed by atoms with van der Waals surface area (Å²) in [6, 6.07) is 12.1. The molecule has 0 fully saturated rings. The number of hydrogen-bond donors (Lipinski definition) is 2. The fraction of sp³-hybridized carbons (Fsp3) is 0.150. The van der Waals surface area contributed by atoms with Crippen molar-refractivity contribution in [3.05, 3.63) is 70.3 Å². The molecule has 2 amide bonds. The molecule has 0 aliphatic carbocycles. The number of amides is 2. The van der Waals surface area contributed by atoms with Crippen LogP contribution < -0.4 is 10.6 Å². The van der Waals surface area contributed by atoms with Gasteiger partial charge in [0.2, 0.25) is 5.91 Å². The first-order valence-electron chi connectivity index (χ1n) is 8.56. The maximum absolute atomic E-state index is 12.1. The second-order valence-electron chi connectivity index (χ2n) is 6.01. The first-order valence-corrected chi connectivity index (χ1v) is 8.56. The highest BCUT2D eigenvalue weighted by Crippen LogP contribution is 2.15. The monoisotopic (exact) mass is 397 g/mol. The molecule has 150 valence electrons. The maximum Gasteiger partial charge on any atom is 0.331 e. The quantitative estimate of drug-likeness (QED) is 0.320. The van der Waals surface area contributed by atoms with Crippen LogP contribution >= 0.6 is 0 Å². The number of carbonyl (C=O) groups excluding carboxylic acids is 3. The molecule has 0 aromatic heterocycles. The Morgan fingerprint density at radius 3 is 2.07 bits per heavy atom. The number of anilines is 2. The smallest absolute Gasteiger partial charge is 0.331 e. The Bertz CT molecular complexity index is 936. The van der Waals surface area contributed by atoms with Gasteiger partial charge in [0.1, 0.15) is 0 Å². The van der Waals surface area contributed by atoms with Gasteiger partial charge in [0.15, 0.2) is 6.10 Å². The fourth-order valence-corrected chi connectivity index (χ4v) is 2.22. The van der Waals surface area contributed by atoms with Crippen molar-refractivity contribution in [3.63, 3.8) is 0 Å². The van der Waals surface area contributed by atoms with Crippen LogP contribution in [0.5, 0.6) is 0 Å². The second kappa shape index (κ2) is 9.79. The summed E-state index contributed by atoms with van der Waals surface area (Å²) in [5.41, 5.74) is 1.59. The van der Waals surface area contributed by atoms with E-state index in [9.17, 15) is 24.5 Å². The Labute approximate surface area is 166 Å². The molecule has 0 saturated heterocycles. The van der Waals surface area contributed by atoms with E-state index in [-0.39, 0.29) is 11.6 Å². The minimum atomic E-state index is -1.04. The highest BCUT2D eigenvalue weighted by Gasteiger charge is 2.16. The van der Waals surface area contributed by atoms with Gasteiger partial charge in [-0.2, -0.15) is 0 Å². The summed E-state index contributed by atoms with van der Waals surface area (Å²) < 4.78 is 5.04. The normalized spacial score (nSPS) is 11.5. The number of nitrogens with one attached hydrogen (secondary N) is 2. The number of nitro groups is 1. The maximum atomic E-state index is 12.1. The topological polar surface area (TPSA) is 128 Å². The summed E-state index contributed by atoms with van der Waals surface area (Å²) in [5, 5.41) is 15.8. The van der Waals surface area contributed by atoms with Gasteiger partial charge in [-0.05, 0) is 55.0 Å². The van der Waals surface area contributed by atoms with E-state index < -0.39 is 22.9 Å². The van der Waals surface area contributed by atoms with Gasteiger partial charge >= 0.3 is 5.97 Å². The van der Waals surface area contributed by atoms with E-state index in [2.05, 4.69) is 10.6 Å². The molecule has 0 radical (unpaired) electrons. The van der Waals surface area contributed by atoms with Crippen LogP contribution in [0.4, 0.5) is 17.1 Å². The van der Waals surface area contributed by atoms with Crippen molar-refractivity contribution < 1.29 is 24.0 Å². The summed E-state index contributed by atoms with van der Waals surface area (Å²) in [6.07, 6.45) is 1.52. The fourth-order valence-electron chi connectivity index (χ4n) is 2.22. The van der Waals surface area contributed by atoms with E-state index in [1.165, 1.54) is 44.2 Å². The minimum Gasteiger partial charge on any atom is -0.449 e. The van der Waals surface area contributed by atoms with Crippen molar-refractivity contribution in [2.75, 3.05) is 10.6 Å². The molecule has 0 saturated carbocycles. The van der Waals surface area contributed by atoms with Gasteiger partial charge in [0.25, 0.3) is 11.6 Å². The van der Waals surface area contributed by atoms with Crippen LogP contribution in [-0.4, -0.2) is 28.8 Å². The lowest BCUT2D eigenvalue weighted by Crippen LogP contribution is -2.29. The molecule has 0 heterocycles. The number of non-ortho nitro benzene ring substituents is 1. The third-order valence-electron chi connectivity index (χ3n) is 3.65. The number of benzene rings is 2. The van der Waals surface area contributed by atoms with E-state index in [4.69, 9.17) is 4.74 Å². The second-order valence-corrected chi connectivity index (χ2v) is 6.01. The Morgan fingerprint density at radius 1 is 1.00 bits per heavy atom. The average Bonchev–Trinajstić information content (AvgIpc) is 2.67. The van der Waals surface area contributed by atoms with Crippen LogP contribution in [-0.2, 0) is 19.1 Å². The lowest BCUT2D eigenvalue weighted by molar-refractivity contribution is -0.384. The molecule has 0 spiro atoms. The third-order valence-corrected chi connectivity index (χ3v) is 3.65. The van der Waals surface area contributed by atoms with Crippen LogP contribution in [0, 0.1) is 10.1 Å². The number of ether oxygens (including phenoxy) is 1. The predicted octanol–water partition coefficient (Wildman–Crippen LogP) is 3.14. The molecule has 2 aromatic rings. The number of nitro benzene ring substituents is 1. The molecule has 0 unspecified atom stereocenters. The van der Waals surface area contributed by atoms with Gasteiger partial charge in [-0.15, -0.1) is 0 Å². The largest absolute Gasteiger partial charge is 0.449 e. The lowest BCUT2D eigenvalue weighted by atomic mass is 10.2. The minimum absolute atomic E-state index is 0.0554. The Kier molecular flexibility index (Phi) is 7.19. The van der Waals surface area contributed by atoms with Crippen molar-refractivity contribution in [2.45, 2.75) is 20.0 Å². The summed E-state index contributed by atoms with van der Waals surface area (Å²) in [4.78, 5) is 45.1. The predicted molar refractivity (Wildman–Crippen MR) is 107 cm³/mol. The molecule has 9 heteroatoms. The van der Waals surface area contributed by atoms with E-state index >= 15 is 0 Å². The van der Waals surface area contributed by atoms with Crippen molar-refractivity contribution in [3.8, 4) is 0 Å². The number of rotatable bonds is 7. The number of esters is 1. The molecule has 2 rings (SSSR count). The number of carbonyl (C=O) groups is 3. The molecule has 9 nitrogen and oxygen atoms in total. The number of hydrogen-bond acceptors (Lipinski definition) is 6. The highest BCUT2D eigenvalue weighted by molar-refractivity contribution is 5.97. The molecule has 1 atom stereocenters. The zero-order chi connectivity index (χ0) is 21.4. The molecular formula is C20H19N3O6. The Hall–Kier alpha value is -4.01. The molecule has 0 bridgehead atoms. The van der Waals surface area contributed by atoms with Crippen LogP contribution in [0.15, 0.2) is 54.6 Å². The van der Waals surface area contributed by atoms with Crippen molar-refractivity contribution in [2.24, 2.45) is 0 Å². The standard InChI is InChI=1S/C20H19N3O6/c1-13(20(26)22-17-8-6-16(7-9-17)21-14(2)24)29-19(25)12-5-15-3-10-18(11-4-15)23(27)28/h3-13H,1-2H3,(H,21,24)(H,22,26)/b12-5+/t13-/m1/s1. The van der Waals surface area contributed by atoms with E-state index in [0.717, 1.165) is 6.08 Å². The first-order chi connectivity index (χ1) is 13.7.